The van der Waals surface area contributed by atoms with Gasteiger partial charge in [0, 0.05) is 17.8 Å². The van der Waals surface area contributed by atoms with Gasteiger partial charge < -0.3 is 9.47 Å². The molecule has 1 heterocycles. The molecule has 0 spiro atoms. The second-order valence-electron chi connectivity index (χ2n) is 4.95. The summed E-state index contributed by atoms with van der Waals surface area (Å²) in [5, 5.41) is 0. The Kier molecular flexibility index (Phi) is 4.05. The third-order valence-corrected chi connectivity index (χ3v) is 3.42. The summed E-state index contributed by atoms with van der Waals surface area (Å²) in [6.07, 6.45) is 1.74. The molecule has 0 bridgehead atoms. The first-order chi connectivity index (χ1) is 10.8. The molecule has 3 rings (SSSR count). The number of hydrogen-bond acceptors (Lipinski definition) is 3. The first kappa shape index (κ1) is 14.1. The Morgan fingerprint density at radius 3 is 2.45 bits per heavy atom. The third kappa shape index (κ3) is 2.93. The van der Waals surface area contributed by atoms with Gasteiger partial charge in [-0.15, -0.1) is 0 Å². The SMILES string of the molecule is COc1ccnc(-c2cccc(C)c2Oc2ccccc2)c1. The molecule has 0 saturated heterocycles. The van der Waals surface area contributed by atoms with Crippen LogP contribution in [0.1, 0.15) is 5.56 Å². The van der Waals surface area contributed by atoms with E-state index in [1.165, 1.54) is 0 Å². The molecule has 2 aromatic carbocycles. The monoisotopic (exact) mass is 291 g/mol. The molecule has 0 aliphatic carbocycles. The Bertz CT molecular complexity index is 769. The molecule has 0 amide bonds. The lowest BCUT2D eigenvalue weighted by molar-refractivity contribution is 0.414. The number of para-hydroxylation sites is 2. The van der Waals surface area contributed by atoms with E-state index in [2.05, 4.69) is 4.98 Å². The van der Waals surface area contributed by atoms with Crippen LogP contribution in [-0.2, 0) is 0 Å². The fourth-order valence-corrected chi connectivity index (χ4v) is 2.28. The number of benzene rings is 2. The third-order valence-electron chi connectivity index (χ3n) is 3.42. The Morgan fingerprint density at radius 2 is 1.68 bits per heavy atom. The molecule has 110 valence electrons. The van der Waals surface area contributed by atoms with Crippen LogP contribution in [-0.4, -0.2) is 12.1 Å². The average Bonchev–Trinajstić information content (AvgIpc) is 2.58. The summed E-state index contributed by atoms with van der Waals surface area (Å²) in [7, 11) is 1.65. The van der Waals surface area contributed by atoms with Crippen molar-refractivity contribution in [2.75, 3.05) is 7.11 Å². The highest BCUT2D eigenvalue weighted by atomic mass is 16.5. The molecule has 0 saturated carbocycles. The smallest absolute Gasteiger partial charge is 0.139 e. The van der Waals surface area contributed by atoms with Crippen molar-refractivity contribution < 1.29 is 9.47 Å². The maximum atomic E-state index is 6.09. The van der Waals surface area contributed by atoms with Gasteiger partial charge in [0.1, 0.15) is 17.2 Å². The minimum Gasteiger partial charge on any atom is -0.497 e. The maximum Gasteiger partial charge on any atom is 0.139 e. The molecule has 3 nitrogen and oxygen atoms in total. The standard InChI is InChI=1S/C19H17NO2/c1-14-7-6-10-17(18-13-16(21-2)11-12-20-18)19(14)22-15-8-4-3-5-9-15/h3-13H,1-2H3. The van der Waals surface area contributed by atoms with Gasteiger partial charge in [-0.2, -0.15) is 0 Å². The van der Waals surface area contributed by atoms with Crippen molar-refractivity contribution in [1.29, 1.82) is 0 Å². The van der Waals surface area contributed by atoms with Gasteiger partial charge in [0.25, 0.3) is 0 Å². The number of nitrogens with zero attached hydrogens (tertiary/aromatic N) is 1. The van der Waals surface area contributed by atoms with Crippen LogP contribution in [0.2, 0.25) is 0 Å². The van der Waals surface area contributed by atoms with Crippen molar-refractivity contribution in [1.82, 2.24) is 4.98 Å². The van der Waals surface area contributed by atoms with Crippen LogP contribution in [0.25, 0.3) is 11.3 Å². The van der Waals surface area contributed by atoms with Crippen LogP contribution in [0.3, 0.4) is 0 Å². The first-order valence-electron chi connectivity index (χ1n) is 7.11. The number of rotatable bonds is 4. The van der Waals surface area contributed by atoms with Gasteiger partial charge in [-0.05, 0) is 36.8 Å². The van der Waals surface area contributed by atoms with Gasteiger partial charge in [-0.25, -0.2) is 0 Å². The number of pyridine rings is 1. The lowest BCUT2D eigenvalue weighted by Crippen LogP contribution is -1.93. The number of aromatic nitrogens is 1. The minimum atomic E-state index is 0.775. The molecule has 0 radical (unpaired) electrons. The number of aryl methyl sites for hydroxylation is 1. The van der Waals surface area contributed by atoms with E-state index in [9.17, 15) is 0 Å². The van der Waals surface area contributed by atoms with Crippen LogP contribution in [0.15, 0.2) is 66.9 Å². The van der Waals surface area contributed by atoms with Crippen molar-refractivity contribution in [3.05, 3.63) is 72.4 Å². The first-order valence-corrected chi connectivity index (χ1v) is 7.11. The van der Waals surface area contributed by atoms with E-state index in [1.54, 1.807) is 13.3 Å². The lowest BCUT2D eigenvalue weighted by atomic mass is 10.1. The molecule has 0 unspecified atom stereocenters. The van der Waals surface area contributed by atoms with E-state index in [4.69, 9.17) is 9.47 Å². The highest BCUT2D eigenvalue weighted by Gasteiger charge is 2.12. The number of hydrogen-bond donors (Lipinski definition) is 0. The second-order valence-corrected chi connectivity index (χ2v) is 4.95. The summed E-state index contributed by atoms with van der Waals surface area (Å²) >= 11 is 0. The van der Waals surface area contributed by atoms with Crippen LogP contribution in [0, 0.1) is 6.92 Å². The van der Waals surface area contributed by atoms with E-state index in [-0.39, 0.29) is 0 Å². The van der Waals surface area contributed by atoms with Gasteiger partial charge in [-0.3, -0.25) is 4.98 Å². The normalized spacial score (nSPS) is 10.3. The van der Waals surface area contributed by atoms with Crippen molar-refractivity contribution in [2.45, 2.75) is 6.92 Å². The van der Waals surface area contributed by atoms with E-state index >= 15 is 0 Å². The lowest BCUT2D eigenvalue weighted by Gasteiger charge is -2.14. The van der Waals surface area contributed by atoms with Crippen LogP contribution < -0.4 is 9.47 Å². The molecule has 0 aliphatic heterocycles. The zero-order valence-corrected chi connectivity index (χ0v) is 12.6. The van der Waals surface area contributed by atoms with Gasteiger partial charge >= 0.3 is 0 Å². The predicted molar refractivity (Wildman–Crippen MR) is 87.5 cm³/mol. The molecule has 0 N–H and O–H groups in total. The highest BCUT2D eigenvalue weighted by Crippen LogP contribution is 2.36. The zero-order chi connectivity index (χ0) is 15.4. The summed E-state index contributed by atoms with van der Waals surface area (Å²) in [5.41, 5.74) is 2.84. The Balaban J connectivity index is 2.06. The molecule has 22 heavy (non-hydrogen) atoms. The van der Waals surface area contributed by atoms with Crippen molar-refractivity contribution in [3.63, 3.8) is 0 Å². The van der Waals surface area contributed by atoms with Gasteiger partial charge in [0.2, 0.25) is 0 Å². The summed E-state index contributed by atoms with van der Waals surface area (Å²) in [6.45, 7) is 2.03. The van der Waals surface area contributed by atoms with E-state index in [0.29, 0.717) is 0 Å². The van der Waals surface area contributed by atoms with Gasteiger partial charge in [0.05, 0.1) is 12.8 Å². The van der Waals surface area contributed by atoms with Gasteiger partial charge in [-0.1, -0.05) is 30.3 Å². The summed E-state index contributed by atoms with van der Waals surface area (Å²) in [5.74, 6) is 2.40. The molecule has 0 atom stereocenters. The van der Waals surface area contributed by atoms with Crippen molar-refractivity contribution in [2.24, 2.45) is 0 Å². The second kappa shape index (κ2) is 6.31. The molecule has 3 aromatic rings. The Morgan fingerprint density at radius 1 is 0.864 bits per heavy atom. The summed E-state index contributed by atoms with van der Waals surface area (Å²) in [6, 6.07) is 19.5. The number of methoxy groups -OCH3 is 1. The fourth-order valence-electron chi connectivity index (χ4n) is 2.28. The van der Waals surface area contributed by atoms with Crippen LogP contribution in [0.4, 0.5) is 0 Å². The summed E-state index contributed by atoms with van der Waals surface area (Å²) in [4.78, 5) is 4.44. The molecule has 3 heteroatoms. The largest absolute Gasteiger partial charge is 0.497 e. The fraction of sp³-hybridized carbons (Fsp3) is 0.105. The quantitative estimate of drug-likeness (QED) is 0.688. The summed E-state index contributed by atoms with van der Waals surface area (Å²) < 4.78 is 11.4. The van der Waals surface area contributed by atoms with E-state index < -0.39 is 0 Å². The minimum absolute atomic E-state index is 0.775. The average molecular weight is 291 g/mol. The van der Waals surface area contributed by atoms with E-state index in [0.717, 1.165) is 34.1 Å². The Hall–Kier alpha value is -2.81. The molecule has 0 fully saturated rings. The van der Waals surface area contributed by atoms with Crippen molar-refractivity contribution >= 4 is 0 Å². The topological polar surface area (TPSA) is 31.4 Å². The predicted octanol–water partition coefficient (Wildman–Crippen LogP) is 4.86. The number of ether oxygens (including phenoxy) is 2. The zero-order valence-electron chi connectivity index (χ0n) is 12.6. The van der Waals surface area contributed by atoms with Crippen LogP contribution >= 0.6 is 0 Å². The van der Waals surface area contributed by atoms with E-state index in [1.807, 2.05) is 67.6 Å². The van der Waals surface area contributed by atoms with Gasteiger partial charge in [0.15, 0.2) is 0 Å². The van der Waals surface area contributed by atoms with Crippen molar-refractivity contribution in [3.8, 4) is 28.5 Å². The Labute approximate surface area is 130 Å². The highest BCUT2D eigenvalue weighted by molar-refractivity contribution is 5.70. The molecular formula is C19H17NO2. The van der Waals surface area contributed by atoms with Crippen LogP contribution in [0.5, 0.6) is 17.2 Å². The molecule has 0 aliphatic rings. The molecular weight excluding hydrogens is 274 g/mol. The molecule has 1 aromatic heterocycles. The maximum absolute atomic E-state index is 6.09.